The summed E-state index contributed by atoms with van der Waals surface area (Å²) in [5, 5.41) is 6.76. The van der Waals surface area contributed by atoms with Gasteiger partial charge in [-0.05, 0) is 32.1 Å². The Morgan fingerprint density at radius 3 is 2.71 bits per heavy atom. The summed E-state index contributed by atoms with van der Waals surface area (Å²) in [6.45, 7) is 10.9. The van der Waals surface area contributed by atoms with Crippen LogP contribution >= 0.6 is 11.3 Å². The lowest BCUT2D eigenvalue weighted by atomic mass is 9.93. The van der Waals surface area contributed by atoms with Crippen molar-refractivity contribution in [3.05, 3.63) is 16.1 Å². The highest BCUT2D eigenvalue weighted by atomic mass is 32.1. The van der Waals surface area contributed by atoms with Crippen LogP contribution in [0, 0.1) is 0 Å². The Kier molecular flexibility index (Phi) is 7.71. The van der Waals surface area contributed by atoms with Crippen LogP contribution < -0.4 is 5.32 Å². The van der Waals surface area contributed by atoms with Crippen molar-refractivity contribution >= 4 is 17.3 Å². The van der Waals surface area contributed by atoms with E-state index in [0.29, 0.717) is 12.2 Å². The number of hydrogen-bond acceptors (Lipinski definition) is 5. The van der Waals surface area contributed by atoms with E-state index in [1.165, 1.54) is 12.8 Å². The number of thiazole rings is 1. The molecule has 1 atom stereocenters. The number of likely N-dealkylation sites (tertiary alicyclic amines) is 1. The van der Waals surface area contributed by atoms with Gasteiger partial charge in [0, 0.05) is 37.5 Å². The zero-order valence-corrected chi connectivity index (χ0v) is 18.7. The molecule has 0 amide bonds. The maximum atomic E-state index is 6.13. The normalized spacial score (nSPS) is 22.5. The molecule has 2 aliphatic heterocycles. The lowest BCUT2D eigenvalue weighted by molar-refractivity contribution is -0.0721. The molecule has 28 heavy (non-hydrogen) atoms. The predicted octanol–water partition coefficient (Wildman–Crippen LogP) is 3.57. The molecule has 0 aliphatic carbocycles. The van der Waals surface area contributed by atoms with Crippen molar-refractivity contribution in [2.75, 3.05) is 33.4 Å². The molecule has 1 unspecified atom stereocenters. The number of nitrogens with one attached hydrogen (secondary N) is 1. The number of guanidine groups is 1. The average molecular weight is 409 g/mol. The van der Waals surface area contributed by atoms with E-state index in [0.717, 1.165) is 68.8 Å². The maximum absolute atomic E-state index is 6.13. The van der Waals surface area contributed by atoms with Crippen molar-refractivity contribution in [3.8, 4) is 0 Å². The third-order valence-electron chi connectivity index (χ3n) is 5.46. The molecule has 158 valence electrons. The van der Waals surface area contributed by atoms with E-state index in [1.54, 1.807) is 11.3 Å². The minimum absolute atomic E-state index is 0.0982. The summed E-state index contributed by atoms with van der Waals surface area (Å²) in [5.74, 6) is 0.960. The van der Waals surface area contributed by atoms with E-state index in [-0.39, 0.29) is 5.41 Å². The molecule has 0 radical (unpaired) electrons. The Balaban J connectivity index is 1.40. The Bertz CT molecular complexity index is 627. The average Bonchev–Trinajstić information content (AvgIpc) is 3.18. The van der Waals surface area contributed by atoms with Gasteiger partial charge in [0.05, 0.1) is 31.1 Å². The third-order valence-corrected chi connectivity index (χ3v) is 6.31. The molecule has 0 bridgehead atoms. The minimum atomic E-state index is 0.0982. The van der Waals surface area contributed by atoms with Crippen molar-refractivity contribution in [1.29, 1.82) is 0 Å². The summed E-state index contributed by atoms with van der Waals surface area (Å²) in [4.78, 5) is 11.6. The number of piperidine rings is 1. The monoisotopic (exact) mass is 408 g/mol. The lowest BCUT2D eigenvalue weighted by Gasteiger charge is -2.35. The second-order valence-corrected chi connectivity index (χ2v) is 9.73. The number of rotatable bonds is 5. The molecule has 0 saturated carbocycles. The third kappa shape index (κ3) is 6.16. The minimum Gasteiger partial charge on any atom is -0.376 e. The molecular formula is C21H36N4O2S. The Morgan fingerprint density at radius 1 is 1.32 bits per heavy atom. The van der Waals surface area contributed by atoms with Gasteiger partial charge in [-0.25, -0.2) is 4.98 Å². The zero-order chi connectivity index (χ0) is 20.0. The zero-order valence-electron chi connectivity index (χ0n) is 17.9. The molecule has 2 saturated heterocycles. The highest BCUT2D eigenvalue weighted by molar-refractivity contribution is 7.09. The van der Waals surface area contributed by atoms with Gasteiger partial charge < -0.3 is 19.7 Å². The van der Waals surface area contributed by atoms with Gasteiger partial charge in [0.2, 0.25) is 0 Å². The van der Waals surface area contributed by atoms with Crippen LogP contribution in [0.2, 0.25) is 0 Å². The van der Waals surface area contributed by atoms with Crippen LogP contribution in [0.1, 0.15) is 63.6 Å². The molecule has 3 heterocycles. The first kappa shape index (κ1) is 21.5. The molecular weight excluding hydrogens is 372 g/mol. The molecule has 7 heteroatoms. The molecule has 1 N–H and O–H groups in total. The van der Waals surface area contributed by atoms with Crippen LogP contribution in [0.5, 0.6) is 0 Å². The van der Waals surface area contributed by atoms with Crippen LogP contribution in [0.15, 0.2) is 10.4 Å². The van der Waals surface area contributed by atoms with Gasteiger partial charge in [0.15, 0.2) is 5.96 Å². The van der Waals surface area contributed by atoms with E-state index in [9.17, 15) is 0 Å². The summed E-state index contributed by atoms with van der Waals surface area (Å²) in [5.41, 5.74) is 1.25. The summed E-state index contributed by atoms with van der Waals surface area (Å²) < 4.78 is 11.9. The van der Waals surface area contributed by atoms with Gasteiger partial charge in [-0.15, -0.1) is 11.3 Å². The number of hydrogen-bond donors (Lipinski definition) is 1. The first-order valence-electron chi connectivity index (χ1n) is 10.6. The smallest absolute Gasteiger partial charge is 0.193 e. The van der Waals surface area contributed by atoms with E-state index < -0.39 is 0 Å². The van der Waals surface area contributed by atoms with Crippen LogP contribution in [0.25, 0.3) is 0 Å². The molecule has 0 aromatic carbocycles. The van der Waals surface area contributed by atoms with Crippen LogP contribution in [0.3, 0.4) is 0 Å². The molecule has 0 spiro atoms. The van der Waals surface area contributed by atoms with E-state index in [4.69, 9.17) is 14.5 Å². The van der Waals surface area contributed by atoms with Crippen molar-refractivity contribution in [2.45, 2.75) is 77.0 Å². The van der Waals surface area contributed by atoms with Crippen molar-refractivity contribution < 1.29 is 9.47 Å². The first-order valence-corrected chi connectivity index (χ1v) is 11.5. The SMILES string of the molecule is CN=C(NCc1nc(C(C)(C)C)cs1)N1CCC(OCC2CCCCO2)CC1. The fraction of sp³-hybridized carbons (Fsp3) is 0.810. The Morgan fingerprint density at radius 2 is 2.11 bits per heavy atom. The number of aliphatic imine (C=N–C) groups is 1. The highest BCUT2D eigenvalue weighted by Gasteiger charge is 2.24. The maximum Gasteiger partial charge on any atom is 0.193 e. The molecule has 6 nitrogen and oxygen atoms in total. The van der Waals surface area contributed by atoms with Crippen molar-refractivity contribution in [2.24, 2.45) is 4.99 Å². The summed E-state index contributed by atoms with van der Waals surface area (Å²) in [7, 11) is 1.85. The molecule has 2 fully saturated rings. The molecule has 3 rings (SSSR count). The van der Waals surface area contributed by atoms with Crippen molar-refractivity contribution in [3.63, 3.8) is 0 Å². The van der Waals surface area contributed by atoms with Gasteiger partial charge in [0.25, 0.3) is 0 Å². The first-order chi connectivity index (χ1) is 13.5. The van der Waals surface area contributed by atoms with Gasteiger partial charge in [0.1, 0.15) is 5.01 Å². The van der Waals surface area contributed by atoms with E-state index >= 15 is 0 Å². The second-order valence-electron chi connectivity index (χ2n) is 8.79. The fourth-order valence-electron chi connectivity index (χ4n) is 3.64. The summed E-state index contributed by atoms with van der Waals surface area (Å²) in [6.07, 6.45) is 6.33. The van der Waals surface area contributed by atoms with Gasteiger partial charge in [-0.3, -0.25) is 4.99 Å². The standard InChI is InChI=1S/C21H36N4O2S/c1-21(2,3)18-15-28-19(24-18)13-23-20(22-4)25-10-8-16(9-11-25)27-14-17-7-5-6-12-26-17/h15-17H,5-14H2,1-4H3,(H,22,23). The van der Waals surface area contributed by atoms with E-state index in [2.05, 4.69) is 41.4 Å². The number of ether oxygens (including phenoxy) is 2. The van der Waals surface area contributed by atoms with E-state index in [1.807, 2.05) is 7.05 Å². The number of nitrogens with zero attached hydrogens (tertiary/aromatic N) is 3. The second kappa shape index (κ2) is 10.0. The van der Waals surface area contributed by atoms with Crippen molar-refractivity contribution in [1.82, 2.24) is 15.2 Å². The van der Waals surface area contributed by atoms with Crippen LogP contribution in [-0.4, -0.2) is 61.4 Å². The van der Waals surface area contributed by atoms with Gasteiger partial charge in [-0.1, -0.05) is 20.8 Å². The topological polar surface area (TPSA) is 59.0 Å². The quantitative estimate of drug-likeness (QED) is 0.596. The Hall–Kier alpha value is -1.18. The van der Waals surface area contributed by atoms with Gasteiger partial charge >= 0.3 is 0 Å². The summed E-state index contributed by atoms with van der Waals surface area (Å²) in [6, 6.07) is 0. The van der Waals surface area contributed by atoms with Crippen LogP contribution in [0.4, 0.5) is 0 Å². The summed E-state index contributed by atoms with van der Waals surface area (Å²) >= 11 is 1.72. The Labute approximate surface area is 173 Å². The molecule has 1 aromatic heterocycles. The molecule has 2 aliphatic rings. The number of aromatic nitrogens is 1. The van der Waals surface area contributed by atoms with Crippen LogP contribution in [-0.2, 0) is 21.4 Å². The molecule has 1 aromatic rings. The highest BCUT2D eigenvalue weighted by Crippen LogP contribution is 2.24. The predicted molar refractivity (Wildman–Crippen MR) is 115 cm³/mol. The lowest BCUT2D eigenvalue weighted by Crippen LogP contribution is -2.47. The largest absolute Gasteiger partial charge is 0.376 e. The van der Waals surface area contributed by atoms with Gasteiger partial charge in [-0.2, -0.15) is 0 Å². The fourth-order valence-corrected chi connectivity index (χ4v) is 4.60.